The lowest BCUT2D eigenvalue weighted by Crippen LogP contribution is -2.47. The highest BCUT2D eigenvalue weighted by molar-refractivity contribution is 7.89. The average molecular weight is 495 g/mol. The van der Waals surface area contributed by atoms with Gasteiger partial charge < -0.3 is 15.4 Å². The number of nitrogens with one attached hydrogen (secondary N) is 2. The van der Waals surface area contributed by atoms with Gasteiger partial charge in [-0.25, -0.2) is 8.42 Å². The molecular weight excluding hydrogens is 456 g/mol. The van der Waals surface area contributed by atoms with Gasteiger partial charge in [0, 0.05) is 32.2 Å². The van der Waals surface area contributed by atoms with E-state index >= 15 is 0 Å². The zero-order valence-corrected chi connectivity index (χ0v) is 21.1. The third-order valence-electron chi connectivity index (χ3n) is 6.37. The number of hydrogen-bond acceptors (Lipinski definition) is 6. The van der Waals surface area contributed by atoms with Gasteiger partial charge in [0.05, 0.1) is 30.6 Å². The Kier molecular flexibility index (Phi) is 9.87. The highest BCUT2D eigenvalue weighted by Gasteiger charge is 2.28. The fourth-order valence-electron chi connectivity index (χ4n) is 4.45. The molecule has 1 aromatic rings. The Morgan fingerprint density at radius 1 is 1.15 bits per heavy atom. The number of benzene rings is 1. The number of rotatable bonds is 10. The maximum Gasteiger partial charge on any atom is 0.243 e. The van der Waals surface area contributed by atoms with E-state index in [-0.39, 0.29) is 35.2 Å². The first-order valence-corrected chi connectivity index (χ1v) is 13.7. The number of carbonyl (C=O) groups is 2. The summed E-state index contributed by atoms with van der Waals surface area (Å²) in [7, 11) is -3.53. The molecule has 3 rings (SSSR count). The molecule has 34 heavy (non-hydrogen) atoms. The van der Waals surface area contributed by atoms with Crippen LogP contribution in [0.25, 0.3) is 0 Å². The van der Waals surface area contributed by atoms with E-state index in [1.54, 1.807) is 24.3 Å². The molecule has 2 aliphatic rings. The molecule has 0 aromatic heterocycles. The monoisotopic (exact) mass is 494 g/mol. The minimum atomic E-state index is -3.53. The summed E-state index contributed by atoms with van der Waals surface area (Å²) in [5.41, 5.74) is 0.829. The number of piperidine rings is 1. The van der Waals surface area contributed by atoms with Crippen LogP contribution in [-0.4, -0.2) is 81.4 Å². The van der Waals surface area contributed by atoms with Crippen molar-refractivity contribution in [1.29, 1.82) is 0 Å². The Bertz CT molecular complexity index is 916. The van der Waals surface area contributed by atoms with Gasteiger partial charge in [0.15, 0.2) is 0 Å². The second-order valence-electron chi connectivity index (χ2n) is 9.21. The molecule has 2 fully saturated rings. The van der Waals surface area contributed by atoms with Crippen molar-refractivity contribution in [3.63, 3.8) is 0 Å². The second kappa shape index (κ2) is 12.6. The predicted molar refractivity (Wildman–Crippen MR) is 130 cm³/mol. The molecule has 1 aromatic carbocycles. The highest BCUT2D eigenvalue weighted by atomic mass is 32.2. The summed E-state index contributed by atoms with van der Waals surface area (Å²) in [6.07, 6.45) is 3.74. The molecule has 2 atom stereocenters. The normalized spacial score (nSPS) is 21.1. The molecule has 2 N–H and O–H groups in total. The van der Waals surface area contributed by atoms with Gasteiger partial charge in [0.2, 0.25) is 21.8 Å². The van der Waals surface area contributed by atoms with Gasteiger partial charge in [0.25, 0.3) is 0 Å². The van der Waals surface area contributed by atoms with Gasteiger partial charge in [-0.1, -0.05) is 25.5 Å². The van der Waals surface area contributed by atoms with E-state index in [0.717, 1.165) is 37.8 Å². The lowest BCUT2D eigenvalue weighted by atomic mass is 9.96. The molecule has 9 nitrogen and oxygen atoms in total. The first-order valence-electron chi connectivity index (χ1n) is 12.3. The maximum absolute atomic E-state index is 12.7. The van der Waals surface area contributed by atoms with Crippen molar-refractivity contribution in [1.82, 2.24) is 19.8 Å². The van der Waals surface area contributed by atoms with Crippen molar-refractivity contribution in [2.45, 2.75) is 57.0 Å². The zero-order valence-electron chi connectivity index (χ0n) is 20.3. The number of nitrogens with zero attached hydrogens (tertiary/aromatic N) is 2. The number of carbonyl (C=O) groups excluding carboxylic acids is 2. The second-order valence-corrected chi connectivity index (χ2v) is 11.1. The van der Waals surface area contributed by atoms with E-state index in [1.807, 2.05) is 11.8 Å². The fourth-order valence-corrected chi connectivity index (χ4v) is 5.86. The molecule has 10 heteroatoms. The predicted octanol–water partition coefficient (Wildman–Crippen LogP) is 1.34. The maximum atomic E-state index is 12.7. The van der Waals surface area contributed by atoms with E-state index in [9.17, 15) is 18.0 Å². The minimum Gasteiger partial charge on any atom is -0.379 e. The van der Waals surface area contributed by atoms with E-state index in [2.05, 4.69) is 17.6 Å². The first kappa shape index (κ1) is 26.6. The first-order chi connectivity index (χ1) is 16.3. The summed E-state index contributed by atoms with van der Waals surface area (Å²) >= 11 is 0. The topological polar surface area (TPSA) is 108 Å². The summed E-state index contributed by atoms with van der Waals surface area (Å²) in [4.78, 5) is 27.3. The highest BCUT2D eigenvalue weighted by Crippen LogP contribution is 2.18. The van der Waals surface area contributed by atoms with Gasteiger partial charge in [-0.05, 0) is 50.4 Å². The Labute approximate surface area is 203 Å². The lowest BCUT2D eigenvalue weighted by molar-refractivity contribution is -0.129. The summed E-state index contributed by atoms with van der Waals surface area (Å²) in [5, 5.41) is 5.99. The van der Waals surface area contributed by atoms with Gasteiger partial charge in [0.1, 0.15) is 0 Å². The molecule has 2 saturated heterocycles. The zero-order chi connectivity index (χ0) is 24.6. The van der Waals surface area contributed by atoms with Crippen LogP contribution in [0.1, 0.15) is 45.1 Å². The molecule has 190 valence electrons. The minimum absolute atomic E-state index is 0.0816. The van der Waals surface area contributed by atoms with E-state index in [1.165, 1.54) is 4.31 Å². The van der Waals surface area contributed by atoms with Crippen molar-refractivity contribution in [2.24, 2.45) is 5.92 Å². The van der Waals surface area contributed by atoms with Crippen LogP contribution in [0.2, 0.25) is 0 Å². The van der Waals surface area contributed by atoms with Crippen LogP contribution < -0.4 is 10.6 Å². The molecule has 2 aliphatic heterocycles. The molecule has 2 unspecified atom stereocenters. The number of ether oxygens (including phenoxy) is 1. The summed E-state index contributed by atoms with van der Waals surface area (Å²) in [6.45, 7) is 7.62. The Morgan fingerprint density at radius 3 is 2.53 bits per heavy atom. The van der Waals surface area contributed by atoms with Crippen molar-refractivity contribution >= 4 is 21.8 Å². The molecule has 0 radical (unpaired) electrons. The van der Waals surface area contributed by atoms with Crippen LogP contribution in [0.4, 0.5) is 0 Å². The number of hydrogen-bond donors (Lipinski definition) is 2. The molecule has 2 heterocycles. The third kappa shape index (κ3) is 7.49. The Hall–Kier alpha value is -2.01. The number of amides is 2. The fraction of sp³-hybridized carbons (Fsp3) is 0.667. The van der Waals surface area contributed by atoms with Gasteiger partial charge in [-0.2, -0.15) is 4.31 Å². The van der Waals surface area contributed by atoms with Gasteiger partial charge >= 0.3 is 0 Å². The van der Waals surface area contributed by atoms with E-state index in [0.29, 0.717) is 39.4 Å². The number of morpholine rings is 1. The molecular formula is C24H38N4O5S. The van der Waals surface area contributed by atoms with Crippen LogP contribution in [0.3, 0.4) is 0 Å². The summed E-state index contributed by atoms with van der Waals surface area (Å²) in [5.74, 6) is -0.106. The smallest absolute Gasteiger partial charge is 0.243 e. The van der Waals surface area contributed by atoms with Crippen molar-refractivity contribution < 1.29 is 22.7 Å². The quantitative estimate of drug-likeness (QED) is 0.508. The lowest BCUT2D eigenvalue weighted by Gasteiger charge is -2.32. The Balaban J connectivity index is 1.45. The van der Waals surface area contributed by atoms with Crippen LogP contribution in [-0.2, 0) is 30.9 Å². The van der Waals surface area contributed by atoms with Gasteiger partial charge in [-0.15, -0.1) is 0 Å². The summed E-state index contributed by atoms with van der Waals surface area (Å²) < 4.78 is 32.1. The van der Waals surface area contributed by atoms with Crippen LogP contribution in [0, 0.1) is 5.92 Å². The molecule has 0 aliphatic carbocycles. The van der Waals surface area contributed by atoms with E-state index in [4.69, 9.17) is 4.74 Å². The SMILES string of the molecule is CCCC(C)NC(=O)C1CCCN(CC(=O)NCc2ccc(S(=O)(=O)N3CCOCC3)cc2)C1. The van der Waals surface area contributed by atoms with Crippen LogP contribution >= 0.6 is 0 Å². The summed E-state index contributed by atoms with van der Waals surface area (Å²) in [6, 6.07) is 6.80. The standard InChI is InChI=1S/C24H38N4O5S/c1-3-5-19(2)26-24(30)21-6-4-11-27(17-21)18-23(29)25-16-20-7-9-22(10-8-20)34(31,32)28-12-14-33-15-13-28/h7-10,19,21H,3-6,11-18H2,1-2H3,(H,25,29)(H,26,30). The van der Waals surface area contributed by atoms with E-state index < -0.39 is 10.0 Å². The number of sulfonamides is 1. The number of likely N-dealkylation sites (tertiary alicyclic amines) is 1. The Morgan fingerprint density at radius 2 is 1.85 bits per heavy atom. The largest absolute Gasteiger partial charge is 0.379 e. The molecule has 0 spiro atoms. The average Bonchev–Trinajstić information content (AvgIpc) is 2.84. The van der Waals surface area contributed by atoms with Crippen LogP contribution in [0.5, 0.6) is 0 Å². The van der Waals surface area contributed by atoms with Crippen molar-refractivity contribution in [2.75, 3.05) is 45.9 Å². The van der Waals surface area contributed by atoms with Crippen molar-refractivity contribution in [3.05, 3.63) is 29.8 Å². The van der Waals surface area contributed by atoms with Gasteiger partial charge in [-0.3, -0.25) is 14.5 Å². The third-order valence-corrected chi connectivity index (χ3v) is 8.29. The molecule has 2 amide bonds. The van der Waals surface area contributed by atoms with Crippen molar-refractivity contribution in [3.8, 4) is 0 Å². The molecule has 0 bridgehead atoms. The van der Waals surface area contributed by atoms with Crippen LogP contribution in [0.15, 0.2) is 29.2 Å². The molecule has 0 saturated carbocycles.